The summed E-state index contributed by atoms with van der Waals surface area (Å²) in [7, 11) is 0. The van der Waals surface area contributed by atoms with Crippen molar-refractivity contribution in [1.29, 1.82) is 10.5 Å². The molecule has 0 bridgehead atoms. The third-order valence-corrected chi connectivity index (χ3v) is 6.05. The first-order chi connectivity index (χ1) is 14.6. The molecule has 1 saturated carbocycles. The SMILES string of the molecule is CC1(C)[C@H](Cc2nc(NCCc3ccc(C#N)c(C(F)(F)F)c3)ncc2C#N)C[C@@H]1O. The molecule has 0 saturated heterocycles. The maximum atomic E-state index is 13.1. The molecule has 1 aromatic heterocycles. The molecule has 2 N–H and O–H groups in total. The molecule has 1 fully saturated rings. The molecule has 2 aromatic rings. The summed E-state index contributed by atoms with van der Waals surface area (Å²) in [6.07, 6.45) is -2.09. The zero-order valence-corrected chi connectivity index (χ0v) is 17.2. The molecule has 0 radical (unpaired) electrons. The summed E-state index contributed by atoms with van der Waals surface area (Å²) < 4.78 is 39.3. The van der Waals surface area contributed by atoms with E-state index in [0.717, 1.165) is 6.07 Å². The van der Waals surface area contributed by atoms with Crippen LogP contribution in [-0.4, -0.2) is 27.7 Å². The number of hydrogen-bond acceptors (Lipinski definition) is 6. The number of anilines is 1. The van der Waals surface area contributed by atoms with Crippen LogP contribution < -0.4 is 5.32 Å². The summed E-state index contributed by atoms with van der Waals surface area (Å²) in [6.45, 7) is 4.23. The molecular formula is C22H22F3N5O. The quantitative estimate of drug-likeness (QED) is 0.723. The van der Waals surface area contributed by atoms with Crippen molar-refractivity contribution in [2.45, 2.75) is 45.4 Å². The van der Waals surface area contributed by atoms with Crippen LogP contribution in [0, 0.1) is 34.0 Å². The van der Waals surface area contributed by atoms with Gasteiger partial charge in [-0.2, -0.15) is 23.7 Å². The lowest BCUT2D eigenvalue weighted by molar-refractivity contribution is -0.137. The second-order valence-electron chi connectivity index (χ2n) is 8.31. The smallest absolute Gasteiger partial charge is 0.393 e. The number of nitriles is 2. The van der Waals surface area contributed by atoms with Crippen molar-refractivity contribution in [1.82, 2.24) is 9.97 Å². The Morgan fingerprint density at radius 3 is 2.52 bits per heavy atom. The first-order valence-electron chi connectivity index (χ1n) is 9.84. The van der Waals surface area contributed by atoms with Crippen LogP contribution in [0.3, 0.4) is 0 Å². The van der Waals surface area contributed by atoms with E-state index in [1.165, 1.54) is 18.3 Å². The summed E-state index contributed by atoms with van der Waals surface area (Å²) in [5.41, 5.74) is -0.231. The molecule has 1 heterocycles. The summed E-state index contributed by atoms with van der Waals surface area (Å²) in [5, 5.41) is 31.1. The van der Waals surface area contributed by atoms with E-state index in [1.807, 2.05) is 13.8 Å². The molecule has 162 valence electrons. The van der Waals surface area contributed by atoms with Gasteiger partial charge in [0, 0.05) is 6.54 Å². The predicted molar refractivity (Wildman–Crippen MR) is 107 cm³/mol. The second-order valence-corrected chi connectivity index (χ2v) is 8.31. The van der Waals surface area contributed by atoms with Crippen molar-refractivity contribution in [3.05, 3.63) is 52.3 Å². The zero-order valence-electron chi connectivity index (χ0n) is 17.2. The van der Waals surface area contributed by atoms with Gasteiger partial charge >= 0.3 is 6.18 Å². The van der Waals surface area contributed by atoms with Crippen molar-refractivity contribution in [3.8, 4) is 12.1 Å². The van der Waals surface area contributed by atoms with Crippen molar-refractivity contribution in [2.24, 2.45) is 11.3 Å². The highest BCUT2D eigenvalue weighted by molar-refractivity contribution is 5.42. The van der Waals surface area contributed by atoms with E-state index in [9.17, 15) is 23.5 Å². The Morgan fingerprint density at radius 2 is 1.94 bits per heavy atom. The maximum absolute atomic E-state index is 13.1. The van der Waals surface area contributed by atoms with Crippen LogP contribution in [-0.2, 0) is 19.0 Å². The van der Waals surface area contributed by atoms with Gasteiger partial charge in [0.05, 0.1) is 40.8 Å². The van der Waals surface area contributed by atoms with Gasteiger partial charge in [0.25, 0.3) is 0 Å². The highest BCUT2D eigenvalue weighted by atomic mass is 19.4. The molecule has 9 heteroatoms. The highest BCUT2D eigenvalue weighted by Gasteiger charge is 2.47. The number of alkyl halides is 3. The van der Waals surface area contributed by atoms with Crippen molar-refractivity contribution in [2.75, 3.05) is 11.9 Å². The molecule has 6 nitrogen and oxygen atoms in total. The van der Waals surface area contributed by atoms with Gasteiger partial charge in [-0.3, -0.25) is 0 Å². The second kappa shape index (κ2) is 8.52. The number of aromatic nitrogens is 2. The molecule has 0 amide bonds. The number of rotatable bonds is 6. The Bertz CT molecular complexity index is 1050. The van der Waals surface area contributed by atoms with Gasteiger partial charge in [0.15, 0.2) is 0 Å². The fraction of sp³-hybridized carbons (Fsp3) is 0.455. The molecule has 31 heavy (non-hydrogen) atoms. The van der Waals surface area contributed by atoms with E-state index in [2.05, 4.69) is 21.4 Å². The van der Waals surface area contributed by atoms with Gasteiger partial charge in [-0.05, 0) is 48.3 Å². The van der Waals surface area contributed by atoms with Gasteiger partial charge in [-0.15, -0.1) is 0 Å². The summed E-state index contributed by atoms with van der Waals surface area (Å²) in [5.74, 6) is 0.480. The van der Waals surface area contributed by atoms with Crippen molar-refractivity contribution in [3.63, 3.8) is 0 Å². The average Bonchev–Trinajstić information content (AvgIpc) is 2.73. The normalized spacial score (nSPS) is 19.7. The minimum absolute atomic E-state index is 0.191. The van der Waals surface area contributed by atoms with E-state index in [0.29, 0.717) is 29.7 Å². The molecule has 0 aliphatic heterocycles. The van der Waals surface area contributed by atoms with Crippen LogP contribution in [0.5, 0.6) is 0 Å². The molecule has 0 spiro atoms. The number of benzene rings is 1. The van der Waals surface area contributed by atoms with E-state index >= 15 is 0 Å². The molecule has 1 aliphatic carbocycles. The monoisotopic (exact) mass is 429 g/mol. The van der Waals surface area contributed by atoms with Crippen LogP contribution in [0.15, 0.2) is 24.4 Å². The predicted octanol–water partition coefficient (Wildman–Crippen LogP) is 3.84. The Labute approximate surface area is 178 Å². The summed E-state index contributed by atoms with van der Waals surface area (Å²) >= 11 is 0. The number of aliphatic hydroxyl groups excluding tert-OH is 1. The minimum atomic E-state index is -4.59. The standard InChI is InChI=1S/C22H22F3N5O/c1-21(2)16(9-19(21)31)8-18-15(11-27)12-29-20(30-18)28-6-5-13-3-4-14(10-26)17(7-13)22(23,24)25/h3-4,7,12,16,19,31H,5-6,8-9H2,1-2H3,(H,28,29,30)/t16-,19+/m1/s1. The van der Waals surface area contributed by atoms with E-state index in [1.54, 1.807) is 6.07 Å². The van der Waals surface area contributed by atoms with Crippen LogP contribution in [0.25, 0.3) is 0 Å². The number of halogens is 3. The third kappa shape index (κ3) is 4.78. The van der Waals surface area contributed by atoms with Crippen LogP contribution in [0.4, 0.5) is 19.1 Å². The lowest BCUT2D eigenvalue weighted by Gasteiger charge is -2.49. The number of aliphatic hydroxyl groups is 1. The summed E-state index contributed by atoms with van der Waals surface area (Å²) in [6, 6.07) is 7.29. The maximum Gasteiger partial charge on any atom is 0.417 e. The van der Waals surface area contributed by atoms with Crippen molar-refractivity contribution >= 4 is 5.95 Å². The highest BCUT2D eigenvalue weighted by Crippen LogP contribution is 2.47. The van der Waals surface area contributed by atoms with E-state index < -0.39 is 17.3 Å². The lowest BCUT2D eigenvalue weighted by atomic mass is 9.58. The van der Waals surface area contributed by atoms with E-state index in [-0.39, 0.29) is 36.4 Å². The summed E-state index contributed by atoms with van der Waals surface area (Å²) in [4.78, 5) is 8.53. The Hall–Kier alpha value is -3.17. The van der Waals surface area contributed by atoms with Crippen LogP contribution in [0.1, 0.15) is 48.2 Å². The van der Waals surface area contributed by atoms with Gasteiger partial charge in [-0.1, -0.05) is 19.9 Å². The fourth-order valence-electron chi connectivity index (χ4n) is 3.72. The molecule has 1 aromatic carbocycles. The Morgan fingerprint density at radius 1 is 1.23 bits per heavy atom. The average molecular weight is 429 g/mol. The van der Waals surface area contributed by atoms with Gasteiger partial charge in [0.2, 0.25) is 5.95 Å². The molecule has 0 unspecified atom stereocenters. The molecule has 1 aliphatic rings. The van der Waals surface area contributed by atoms with Gasteiger partial charge in [0.1, 0.15) is 6.07 Å². The first-order valence-corrected chi connectivity index (χ1v) is 9.84. The minimum Gasteiger partial charge on any atom is -0.393 e. The van der Waals surface area contributed by atoms with E-state index in [4.69, 9.17) is 5.26 Å². The number of nitrogens with one attached hydrogen (secondary N) is 1. The molecule has 2 atom stereocenters. The zero-order chi connectivity index (χ0) is 22.8. The lowest BCUT2D eigenvalue weighted by Crippen LogP contribution is -2.50. The van der Waals surface area contributed by atoms with Gasteiger partial charge in [-0.25, -0.2) is 9.97 Å². The Balaban J connectivity index is 1.68. The van der Waals surface area contributed by atoms with Crippen molar-refractivity contribution < 1.29 is 18.3 Å². The number of nitrogens with zero attached hydrogens (tertiary/aromatic N) is 4. The van der Waals surface area contributed by atoms with Gasteiger partial charge < -0.3 is 10.4 Å². The van der Waals surface area contributed by atoms with Crippen LogP contribution >= 0.6 is 0 Å². The molecular weight excluding hydrogens is 407 g/mol. The number of hydrogen-bond donors (Lipinski definition) is 2. The largest absolute Gasteiger partial charge is 0.417 e. The Kier molecular flexibility index (Phi) is 6.19. The molecule has 3 rings (SSSR count). The fourth-order valence-corrected chi connectivity index (χ4v) is 3.72. The van der Waals surface area contributed by atoms with Crippen LogP contribution in [0.2, 0.25) is 0 Å². The first kappa shape index (κ1) is 22.5. The third-order valence-electron chi connectivity index (χ3n) is 6.05. The topological polar surface area (TPSA) is 106 Å².